The lowest BCUT2D eigenvalue weighted by molar-refractivity contribution is 0.0651. The van der Waals surface area contributed by atoms with Crippen LogP contribution in [0, 0.1) is 0 Å². The lowest BCUT2D eigenvalue weighted by Gasteiger charge is -2.30. The van der Waals surface area contributed by atoms with Crippen molar-refractivity contribution in [3.05, 3.63) is 52.6 Å². The van der Waals surface area contributed by atoms with Crippen molar-refractivity contribution in [3.63, 3.8) is 0 Å². The molecule has 0 saturated carbocycles. The summed E-state index contributed by atoms with van der Waals surface area (Å²) in [4.78, 5) is 18.0. The first-order valence-electron chi connectivity index (χ1n) is 6.41. The molecule has 0 spiro atoms. The van der Waals surface area contributed by atoms with Crippen LogP contribution in [0.25, 0.3) is 0 Å². The van der Waals surface area contributed by atoms with Gasteiger partial charge < -0.3 is 9.64 Å². The Morgan fingerprint density at radius 3 is 2.45 bits per heavy atom. The van der Waals surface area contributed by atoms with Gasteiger partial charge in [0, 0.05) is 29.8 Å². The van der Waals surface area contributed by atoms with Gasteiger partial charge in [0.15, 0.2) is 0 Å². The minimum atomic E-state index is 0.0407. The van der Waals surface area contributed by atoms with Crippen LogP contribution in [0.4, 0.5) is 0 Å². The number of likely N-dealkylation sites (tertiary alicyclic amines) is 1. The van der Waals surface area contributed by atoms with Gasteiger partial charge in [-0.25, -0.2) is 4.98 Å². The van der Waals surface area contributed by atoms with Gasteiger partial charge in [-0.05, 0) is 36.8 Å². The Kier molecular flexibility index (Phi) is 3.69. The number of carbonyl (C=O) groups excluding carboxylic acids is 1. The average molecular weight is 333 g/mol. The van der Waals surface area contributed by atoms with Crippen LogP contribution in [0.15, 0.2) is 47.1 Å². The van der Waals surface area contributed by atoms with Crippen LogP contribution in [0.2, 0.25) is 0 Å². The molecule has 1 aliphatic heterocycles. The third kappa shape index (κ3) is 2.82. The van der Waals surface area contributed by atoms with Crippen molar-refractivity contribution in [3.8, 4) is 11.6 Å². The standard InChI is InChI=1S/C15H13BrN2O2/c16-12-3-5-13(6-4-12)20-14-7-2-11(10-17-14)15(19)18-8-1-9-18/h2-7,10H,1,8-9H2. The van der Waals surface area contributed by atoms with Crippen LogP contribution in [0.3, 0.4) is 0 Å². The summed E-state index contributed by atoms with van der Waals surface area (Å²) in [5.74, 6) is 1.23. The van der Waals surface area contributed by atoms with Gasteiger partial charge >= 0.3 is 0 Å². The van der Waals surface area contributed by atoms with E-state index in [9.17, 15) is 4.79 Å². The molecule has 4 nitrogen and oxygen atoms in total. The Morgan fingerprint density at radius 1 is 1.15 bits per heavy atom. The van der Waals surface area contributed by atoms with Gasteiger partial charge in [0.25, 0.3) is 5.91 Å². The van der Waals surface area contributed by atoms with E-state index >= 15 is 0 Å². The molecule has 2 heterocycles. The first kappa shape index (κ1) is 13.1. The summed E-state index contributed by atoms with van der Waals surface area (Å²) in [7, 11) is 0. The number of rotatable bonds is 3. The Bertz CT molecular complexity index is 607. The normalized spacial score (nSPS) is 13.8. The average Bonchev–Trinajstić information content (AvgIpc) is 2.40. The number of hydrogen-bond donors (Lipinski definition) is 0. The Hall–Kier alpha value is -1.88. The molecule has 1 saturated heterocycles. The molecule has 0 radical (unpaired) electrons. The number of benzene rings is 1. The summed E-state index contributed by atoms with van der Waals surface area (Å²) in [6, 6.07) is 11.0. The van der Waals surface area contributed by atoms with E-state index in [1.807, 2.05) is 29.2 Å². The van der Waals surface area contributed by atoms with Crippen LogP contribution in [0.1, 0.15) is 16.8 Å². The molecule has 0 unspecified atom stereocenters. The summed E-state index contributed by atoms with van der Waals surface area (Å²) < 4.78 is 6.61. The molecule has 0 bridgehead atoms. The molecular formula is C15H13BrN2O2. The van der Waals surface area contributed by atoms with E-state index in [4.69, 9.17) is 4.74 Å². The molecule has 2 aromatic rings. The van der Waals surface area contributed by atoms with Crippen molar-refractivity contribution in [2.45, 2.75) is 6.42 Å². The van der Waals surface area contributed by atoms with Crippen LogP contribution < -0.4 is 4.74 Å². The van der Waals surface area contributed by atoms with E-state index in [0.29, 0.717) is 17.2 Å². The van der Waals surface area contributed by atoms with E-state index in [0.717, 1.165) is 24.0 Å². The van der Waals surface area contributed by atoms with E-state index < -0.39 is 0 Å². The Balaban J connectivity index is 1.69. The van der Waals surface area contributed by atoms with Crippen LogP contribution in [-0.4, -0.2) is 28.9 Å². The molecule has 1 fully saturated rings. The molecule has 1 amide bonds. The predicted octanol–water partition coefficient (Wildman–Crippen LogP) is 3.48. The van der Waals surface area contributed by atoms with Crippen molar-refractivity contribution in [1.82, 2.24) is 9.88 Å². The summed E-state index contributed by atoms with van der Waals surface area (Å²) in [6.07, 6.45) is 2.65. The highest BCUT2D eigenvalue weighted by molar-refractivity contribution is 9.10. The third-order valence-corrected chi connectivity index (χ3v) is 3.69. The Labute approximate surface area is 125 Å². The second-order valence-electron chi connectivity index (χ2n) is 4.59. The fourth-order valence-electron chi connectivity index (χ4n) is 1.89. The van der Waals surface area contributed by atoms with Crippen molar-refractivity contribution in [2.24, 2.45) is 0 Å². The molecule has 5 heteroatoms. The van der Waals surface area contributed by atoms with E-state index in [-0.39, 0.29) is 5.91 Å². The number of aromatic nitrogens is 1. The molecule has 0 aliphatic carbocycles. The lowest BCUT2D eigenvalue weighted by atomic mass is 10.1. The fraction of sp³-hybridized carbons (Fsp3) is 0.200. The van der Waals surface area contributed by atoms with Crippen molar-refractivity contribution >= 4 is 21.8 Å². The minimum absolute atomic E-state index is 0.0407. The smallest absolute Gasteiger partial charge is 0.255 e. The molecule has 1 aromatic carbocycles. The number of amides is 1. The third-order valence-electron chi connectivity index (χ3n) is 3.16. The molecule has 1 aromatic heterocycles. The highest BCUT2D eigenvalue weighted by atomic mass is 79.9. The maximum Gasteiger partial charge on any atom is 0.255 e. The first-order valence-corrected chi connectivity index (χ1v) is 7.20. The zero-order valence-corrected chi connectivity index (χ0v) is 12.3. The monoisotopic (exact) mass is 332 g/mol. The zero-order chi connectivity index (χ0) is 13.9. The van der Waals surface area contributed by atoms with Crippen LogP contribution >= 0.6 is 15.9 Å². The molecule has 0 atom stereocenters. The maximum atomic E-state index is 12.0. The number of halogens is 1. The Morgan fingerprint density at radius 2 is 1.90 bits per heavy atom. The molecule has 20 heavy (non-hydrogen) atoms. The predicted molar refractivity (Wildman–Crippen MR) is 79.0 cm³/mol. The fourth-order valence-corrected chi connectivity index (χ4v) is 2.16. The number of nitrogens with zero attached hydrogens (tertiary/aromatic N) is 2. The quantitative estimate of drug-likeness (QED) is 0.864. The molecule has 1 aliphatic rings. The lowest BCUT2D eigenvalue weighted by Crippen LogP contribution is -2.42. The van der Waals surface area contributed by atoms with E-state index in [1.165, 1.54) is 0 Å². The van der Waals surface area contributed by atoms with Gasteiger partial charge in [0.1, 0.15) is 5.75 Å². The number of hydrogen-bond acceptors (Lipinski definition) is 3. The second-order valence-corrected chi connectivity index (χ2v) is 5.50. The number of carbonyl (C=O) groups is 1. The van der Waals surface area contributed by atoms with Gasteiger partial charge in [-0.1, -0.05) is 15.9 Å². The number of pyridine rings is 1. The van der Waals surface area contributed by atoms with Crippen molar-refractivity contribution < 1.29 is 9.53 Å². The summed E-state index contributed by atoms with van der Waals surface area (Å²) >= 11 is 3.37. The van der Waals surface area contributed by atoms with Gasteiger partial charge in [0.2, 0.25) is 5.88 Å². The van der Waals surface area contributed by atoms with Crippen LogP contribution in [-0.2, 0) is 0 Å². The van der Waals surface area contributed by atoms with Gasteiger partial charge in [-0.2, -0.15) is 0 Å². The van der Waals surface area contributed by atoms with E-state index in [2.05, 4.69) is 20.9 Å². The summed E-state index contributed by atoms with van der Waals surface area (Å²) in [5, 5.41) is 0. The maximum absolute atomic E-state index is 12.0. The van der Waals surface area contributed by atoms with Gasteiger partial charge in [-0.3, -0.25) is 4.79 Å². The summed E-state index contributed by atoms with van der Waals surface area (Å²) in [5.41, 5.74) is 0.604. The van der Waals surface area contributed by atoms with Crippen molar-refractivity contribution in [2.75, 3.05) is 13.1 Å². The SMILES string of the molecule is O=C(c1ccc(Oc2ccc(Br)cc2)nc1)N1CCC1. The molecule has 3 rings (SSSR count). The first-order chi connectivity index (χ1) is 9.72. The van der Waals surface area contributed by atoms with Gasteiger partial charge in [-0.15, -0.1) is 0 Å². The van der Waals surface area contributed by atoms with Gasteiger partial charge in [0.05, 0.1) is 5.56 Å². The largest absolute Gasteiger partial charge is 0.439 e. The second kappa shape index (κ2) is 5.63. The number of ether oxygens (including phenoxy) is 1. The zero-order valence-electron chi connectivity index (χ0n) is 10.8. The molecular weight excluding hydrogens is 320 g/mol. The highest BCUT2D eigenvalue weighted by Gasteiger charge is 2.21. The topological polar surface area (TPSA) is 42.4 Å². The summed E-state index contributed by atoms with van der Waals surface area (Å²) in [6.45, 7) is 1.69. The van der Waals surface area contributed by atoms with Crippen molar-refractivity contribution in [1.29, 1.82) is 0 Å². The minimum Gasteiger partial charge on any atom is -0.439 e. The van der Waals surface area contributed by atoms with Crippen LogP contribution in [0.5, 0.6) is 11.6 Å². The van der Waals surface area contributed by atoms with E-state index in [1.54, 1.807) is 18.3 Å². The highest BCUT2D eigenvalue weighted by Crippen LogP contribution is 2.22. The molecule has 0 N–H and O–H groups in total. The molecule has 102 valence electrons.